The number of carbonyl (C=O) groups excluding carboxylic acids is 2. The minimum atomic E-state index is 0.0653. The van der Waals surface area contributed by atoms with Crippen molar-refractivity contribution in [1.82, 2.24) is 19.6 Å². The number of likely N-dealkylation sites (tertiary alicyclic amines) is 1. The Kier molecular flexibility index (Phi) is 3.95. The molecular formula is C13H18N4O2S. The van der Waals surface area contributed by atoms with Crippen LogP contribution in [0.1, 0.15) is 12.8 Å². The van der Waals surface area contributed by atoms with Crippen molar-refractivity contribution in [2.75, 3.05) is 24.7 Å². The lowest BCUT2D eigenvalue weighted by Crippen LogP contribution is -2.44. The third-order valence-corrected chi connectivity index (χ3v) is 4.75. The highest BCUT2D eigenvalue weighted by atomic mass is 32.2. The van der Waals surface area contributed by atoms with E-state index in [4.69, 9.17) is 0 Å². The fourth-order valence-electron chi connectivity index (χ4n) is 2.77. The first-order valence-electron chi connectivity index (χ1n) is 6.86. The molecule has 0 bridgehead atoms. The van der Waals surface area contributed by atoms with Crippen LogP contribution in [-0.2, 0) is 16.1 Å². The van der Waals surface area contributed by atoms with Crippen LogP contribution in [0.2, 0.25) is 0 Å². The Morgan fingerprint density at radius 2 is 2.40 bits per heavy atom. The molecule has 2 amide bonds. The maximum atomic E-state index is 12.4. The van der Waals surface area contributed by atoms with Gasteiger partial charge < -0.3 is 9.80 Å². The van der Waals surface area contributed by atoms with Gasteiger partial charge in [-0.3, -0.25) is 14.3 Å². The quantitative estimate of drug-likeness (QED) is 0.807. The molecule has 0 aromatic carbocycles. The molecule has 0 unspecified atom stereocenters. The lowest BCUT2D eigenvalue weighted by molar-refractivity contribution is -0.138. The molecule has 2 aliphatic heterocycles. The molecular weight excluding hydrogens is 276 g/mol. The number of aromatic nitrogens is 2. The van der Waals surface area contributed by atoms with Crippen LogP contribution in [-0.4, -0.2) is 62.2 Å². The summed E-state index contributed by atoms with van der Waals surface area (Å²) in [4.78, 5) is 27.5. The van der Waals surface area contributed by atoms with E-state index in [9.17, 15) is 9.59 Å². The Morgan fingerprint density at radius 3 is 3.10 bits per heavy atom. The van der Waals surface area contributed by atoms with Gasteiger partial charge in [-0.15, -0.1) is 11.8 Å². The predicted octanol–water partition coefficient (Wildman–Crippen LogP) is 0.407. The fourth-order valence-corrected chi connectivity index (χ4v) is 3.68. The Hall–Kier alpha value is -1.50. The standard InChI is InChI=1S/C13H18N4O2S/c18-12(8-15-10-20-9-13(15)19)17-6-1-3-11(17)7-16-5-2-4-14-16/h2,4-5,11H,1,3,6-10H2/t11-/m1/s1. The summed E-state index contributed by atoms with van der Waals surface area (Å²) in [7, 11) is 0. The molecule has 0 N–H and O–H groups in total. The van der Waals surface area contributed by atoms with Gasteiger partial charge in [0.2, 0.25) is 11.8 Å². The number of nitrogens with zero attached hydrogens (tertiary/aromatic N) is 4. The van der Waals surface area contributed by atoms with Gasteiger partial charge in [-0.05, 0) is 18.9 Å². The maximum Gasteiger partial charge on any atom is 0.242 e. The van der Waals surface area contributed by atoms with Crippen molar-refractivity contribution in [3.05, 3.63) is 18.5 Å². The number of rotatable bonds is 4. The smallest absolute Gasteiger partial charge is 0.242 e. The summed E-state index contributed by atoms with van der Waals surface area (Å²) in [6.45, 7) is 1.75. The number of hydrogen-bond donors (Lipinski definition) is 0. The molecule has 1 atom stereocenters. The third-order valence-electron chi connectivity index (χ3n) is 3.81. The maximum absolute atomic E-state index is 12.4. The highest BCUT2D eigenvalue weighted by Gasteiger charge is 2.32. The highest BCUT2D eigenvalue weighted by molar-refractivity contribution is 8.00. The van der Waals surface area contributed by atoms with E-state index < -0.39 is 0 Å². The zero-order valence-corrected chi connectivity index (χ0v) is 12.1. The van der Waals surface area contributed by atoms with Crippen molar-refractivity contribution in [2.45, 2.75) is 25.4 Å². The molecule has 7 heteroatoms. The molecule has 3 heterocycles. The summed E-state index contributed by atoms with van der Waals surface area (Å²) >= 11 is 1.57. The Morgan fingerprint density at radius 1 is 1.50 bits per heavy atom. The molecule has 20 heavy (non-hydrogen) atoms. The van der Waals surface area contributed by atoms with E-state index in [2.05, 4.69) is 5.10 Å². The van der Waals surface area contributed by atoms with Gasteiger partial charge >= 0.3 is 0 Å². The number of hydrogen-bond acceptors (Lipinski definition) is 4. The molecule has 2 fully saturated rings. The minimum absolute atomic E-state index is 0.0653. The molecule has 1 aromatic heterocycles. The van der Waals surface area contributed by atoms with E-state index in [0.717, 1.165) is 25.9 Å². The van der Waals surface area contributed by atoms with Crippen LogP contribution in [0, 0.1) is 0 Å². The average molecular weight is 294 g/mol. The van der Waals surface area contributed by atoms with Gasteiger partial charge in [0.25, 0.3) is 0 Å². The number of thioether (sulfide) groups is 1. The van der Waals surface area contributed by atoms with E-state index >= 15 is 0 Å². The Labute approximate surface area is 122 Å². The largest absolute Gasteiger partial charge is 0.336 e. The summed E-state index contributed by atoms with van der Waals surface area (Å²) in [5.74, 6) is 1.29. The minimum Gasteiger partial charge on any atom is -0.336 e. The van der Waals surface area contributed by atoms with Gasteiger partial charge in [0.1, 0.15) is 6.54 Å². The first-order chi connectivity index (χ1) is 9.74. The molecule has 0 spiro atoms. The summed E-state index contributed by atoms with van der Waals surface area (Å²) in [6, 6.07) is 2.09. The second kappa shape index (κ2) is 5.87. The molecule has 6 nitrogen and oxygen atoms in total. The SMILES string of the molecule is O=C1CSCN1CC(=O)N1CCC[C@@H]1Cn1cccn1. The van der Waals surface area contributed by atoms with Crippen LogP contribution < -0.4 is 0 Å². The lowest BCUT2D eigenvalue weighted by Gasteiger charge is -2.26. The number of amides is 2. The van der Waals surface area contributed by atoms with Crippen LogP contribution >= 0.6 is 11.8 Å². The second-order valence-electron chi connectivity index (χ2n) is 5.18. The molecule has 3 rings (SSSR count). The molecule has 2 aliphatic rings. The zero-order chi connectivity index (χ0) is 13.9. The molecule has 0 radical (unpaired) electrons. The third kappa shape index (κ3) is 2.82. The van der Waals surface area contributed by atoms with Crippen molar-refractivity contribution < 1.29 is 9.59 Å². The van der Waals surface area contributed by atoms with Gasteiger partial charge in [-0.2, -0.15) is 5.10 Å². The average Bonchev–Trinajstić information content (AvgIpc) is 3.14. The summed E-state index contributed by atoms with van der Waals surface area (Å²) < 4.78 is 1.87. The van der Waals surface area contributed by atoms with Crippen molar-refractivity contribution in [3.63, 3.8) is 0 Å². The van der Waals surface area contributed by atoms with E-state index in [0.29, 0.717) is 11.6 Å². The topological polar surface area (TPSA) is 58.4 Å². The van der Waals surface area contributed by atoms with Gasteiger partial charge in [0.15, 0.2) is 0 Å². The van der Waals surface area contributed by atoms with Crippen molar-refractivity contribution in [2.24, 2.45) is 0 Å². The van der Waals surface area contributed by atoms with Crippen molar-refractivity contribution >= 4 is 23.6 Å². The molecule has 1 aromatic rings. The first-order valence-corrected chi connectivity index (χ1v) is 8.02. The van der Waals surface area contributed by atoms with Crippen LogP contribution in [0.3, 0.4) is 0 Å². The first kappa shape index (κ1) is 13.5. The zero-order valence-electron chi connectivity index (χ0n) is 11.3. The van der Waals surface area contributed by atoms with Gasteiger partial charge in [-0.25, -0.2) is 0 Å². The summed E-state index contributed by atoms with van der Waals surface area (Å²) in [6.07, 6.45) is 5.71. The van der Waals surface area contributed by atoms with Crippen LogP contribution in [0.5, 0.6) is 0 Å². The molecule has 2 saturated heterocycles. The lowest BCUT2D eigenvalue weighted by atomic mass is 10.2. The van der Waals surface area contributed by atoms with Gasteiger partial charge in [-0.1, -0.05) is 0 Å². The monoisotopic (exact) mass is 294 g/mol. The highest BCUT2D eigenvalue weighted by Crippen LogP contribution is 2.21. The van der Waals surface area contributed by atoms with Crippen LogP contribution in [0.4, 0.5) is 0 Å². The normalized spacial score (nSPS) is 22.8. The van der Waals surface area contributed by atoms with E-state index in [-0.39, 0.29) is 24.4 Å². The summed E-state index contributed by atoms with van der Waals surface area (Å²) in [5, 5.41) is 4.20. The predicted molar refractivity (Wildman–Crippen MR) is 76.0 cm³/mol. The van der Waals surface area contributed by atoms with Crippen LogP contribution in [0.15, 0.2) is 18.5 Å². The van der Waals surface area contributed by atoms with Gasteiger partial charge in [0.05, 0.1) is 24.2 Å². The molecule has 108 valence electrons. The van der Waals surface area contributed by atoms with Crippen molar-refractivity contribution in [3.8, 4) is 0 Å². The second-order valence-corrected chi connectivity index (χ2v) is 6.14. The fraction of sp³-hybridized carbons (Fsp3) is 0.615. The number of carbonyl (C=O) groups is 2. The van der Waals surface area contributed by atoms with Gasteiger partial charge in [0, 0.05) is 18.9 Å². The Bertz CT molecular complexity index is 491. The van der Waals surface area contributed by atoms with Crippen molar-refractivity contribution in [1.29, 1.82) is 0 Å². The summed E-state index contributed by atoms with van der Waals surface area (Å²) in [5.41, 5.74) is 0. The van der Waals surface area contributed by atoms with E-state index in [1.54, 1.807) is 22.9 Å². The Balaban J connectivity index is 1.59. The molecule has 0 saturated carbocycles. The molecule has 0 aliphatic carbocycles. The van der Waals surface area contributed by atoms with Crippen LogP contribution in [0.25, 0.3) is 0 Å². The van der Waals surface area contributed by atoms with E-state index in [1.807, 2.05) is 21.8 Å². The van der Waals surface area contributed by atoms with E-state index in [1.165, 1.54) is 0 Å².